The molecule has 2 N–H and O–H groups in total. The third kappa shape index (κ3) is 2.36. The second-order valence-corrected chi connectivity index (χ2v) is 3.95. The van der Waals surface area contributed by atoms with Gasteiger partial charge in [-0.05, 0) is 32.0 Å². The lowest BCUT2D eigenvalue weighted by atomic mass is 9.83. The van der Waals surface area contributed by atoms with Gasteiger partial charge in [-0.2, -0.15) is 0 Å². The molecule has 0 aliphatic rings. The van der Waals surface area contributed by atoms with E-state index in [1.165, 1.54) is 20.9 Å². The van der Waals surface area contributed by atoms with Crippen LogP contribution in [0.15, 0.2) is 18.2 Å². The van der Waals surface area contributed by atoms with Gasteiger partial charge in [0.1, 0.15) is 11.6 Å². The van der Waals surface area contributed by atoms with Gasteiger partial charge in [-0.1, -0.05) is 0 Å². The first-order valence-corrected chi connectivity index (χ1v) is 4.82. The number of nitrogens with one attached hydrogen (secondary N) is 2. The van der Waals surface area contributed by atoms with E-state index >= 15 is 0 Å². The number of carbonyl (C=O) groups excluding carboxylic acids is 1. The summed E-state index contributed by atoms with van der Waals surface area (Å²) in [5.41, 5.74) is 3.70. The molecule has 1 aromatic rings. The van der Waals surface area contributed by atoms with Crippen molar-refractivity contribution in [2.75, 3.05) is 7.05 Å². The highest BCUT2D eigenvalue weighted by molar-refractivity contribution is 5.86. The maximum atomic E-state index is 13.5. The molecule has 0 atom stereocenters. The molecule has 0 spiro atoms. The van der Waals surface area contributed by atoms with Crippen molar-refractivity contribution < 1.29 is 13.6 Å². The Hall–Kier alpha value is -1.49. The average Bonchev–Trinajstić information content (AvgIpc) is 2.22. The van der Waals surface area contributed by atoms with Crippen molar-refractivity contribution in [1.29, 1.82) is 0 Å². The third-order valence-electron chi connectivity index (χ3n) is 2.41. The van der Waals surface area contributed by atoms with Crippen LogP contribution in [-0.2, 0) is 10.2 Å². The van der Waals surface area contributed by atoms with Gasteiger partial charge < -0.3 is 0 Å². The van der Waals surface area contributed by atoms with Crippen molar-refractivity contribution in [3.63, 3.8) is 0 Å². The number of hydrogen-bond acceptors (Lipinski definition) is 2. The quantitative estimate of drug-likeness (QED) is 0.770. The summed E-state index contributed by atoms with van der Waals surface area (Å²) in [7, 11) is 1.52. The fourth-order valence-electron chi connectivity index (χ4n) is 1.37. The lowest BCUT2D eigenvalue weighted by Crippen LogP contribution is -2.45. The summed E-state index contributed by atoms with van der Waals surface area (Å²) < 4.78 is 26.5. The number of hydrazine groups is 1. The van der Waals surface area contributed by atoms with Crippen molar-refractivity contribution in [3.8, 4) is 0 Å². The molecule has 1 aromatic carbocycles. The molecule has 0 unspecified atom stereocenters. The van der Waals surface area contributed by atoms with E-state index in [9.17, 15) is 13.6 Å². The highest BCUT2D eigenvalue weighted by atomic mass is 19.1. The summed E-state index contributed by atoms with van der Waals surface area (Å²) in [6.45, 7) is 3.05. The Morgan fingerprint density at radius 1 is 1.31 bits per heavy atom. The van der Waals surface area contributed by atoms with Crippen LogP contribution in [-0.4, -0.2) is 13.0 Å². The molecule has 16 heavy (non-hydrogen) atoms. The molecule has 0 aliphatic carbocycles. The van der Waals surface area contributed by atoms with E-state index in [0.29, 0.717) is 0 Å². The summed E-state index contributed by atoms with van der Waals surface area (Å²) in [5, 5.41) is 0. The minimum Gasteiger partial charge on any atom is -0.291 e. The number of hydrogen-bond donors (Lipinski definition) is 2. The Kier molecular flexibility index (Phi) is 3.59. The molecule has 0 bridgehead atoms. The number of benzene rings is 1. The molecular weight excluding hydrogens is 214 g/mol. The molecule has 0 saturated carbocycles. The fraction of sp³-hybridized carbons (Fsp3) is 0.364. The van der Waals surface area contributed by atoms with Crippen LogP contribution in [0.25, 0.3) is 0 Å². The van der Waals surface area contributed by atoms with Crippen LogP contribution >= 0.6 is 0 Å². The largest absolute Gasteiger partial charge is 0.291 e. The highest BCUT2D eigenvalue weighted by Crippen LogP contribution is 2.26. The SMILES string of the molecule is CNNC(=O)C(C)(C)c1cc(F)ccc1F. The van der Waals surface area contributed by atoms with Gasteiger partial charge in [0.2, 0.25) is 5.91 Å². The van der Waals surface area contributed by atoms with Gasteiger partial charge in [0.25, 0.3) is 0 Å². The molecule has 5 heteroatoms. The average molecular weight is 228 g/mol. The van der Waals surface area contributed by atoms with Crippen LogP contribution in [0.3, 0.4) is 0 Å². The molecule has 1 amide bonds. The Morgan fingerprint density at radius 2 is 1.94 bits per heavy atom. The molecule has 0 aliphatic heterocycles. The Labute approximate surface area is 92.8 Å². The third-order valence-corrected chi connectivity index (χ3v) is 2.41. The summed E-state index contributed by atoms with van der Waals surface area (Å²) in [4.78, 5) is 11.7. The molecule has 0 aromatic heterocycles. The summed E-state index contributed by atoms with van der Waals surface area (Å²) in [6, 6.07) is 3.06. The lowest BCUT2D eigenvalue weighted by molar-refractivity contribution is -0.126. The van der Waals surface area contributed by atoms with Crippen LogP contribution < -0.4 is 10.9 Å². The maximum Gasteiger partial charge on any atom is 0.244 e. The van der Waals surface area contributed by atoms with Crippen LogP contribution in [0.5, 0.6) is 0 Å². The monoisotopic (exact) mass is 228 g/mol. The van der Waals surface area contributed by atoms with E-state index in [1.54, 1.807) is 0 Å². The smallest absolute Gasteiger partial charge is 0.244 e. The van der Waals surface area contributed by atoms with Gasteiger partial charge in [-0.15, -0.1) is 0 Å². The van der Waals surface area contributed by atoms with Gasteiger partial charge in [-0.3, -0.25) is 10.2 Å². The number of carbonyl (C=O) groups is 1. The van der Waals surface area contributed by atoms with E-state index in [2.05, 4.69) is 10.9 Å². The van der Waals surface area contributed by atoms with Gasteiger partial charge in [-0.25, -0.2) is 14.2 Å². The Balaban J connectivity index is 3.15. The normalized spacial score (nSPS) is 11.3. The molecular formula is C11H14F2N2O. The minimum absolute atomic E-state index is 0.0280. The molecule has 0 radical (unpaired) electrons. The second kappa shape index (κ2) is 4.57. The first-order chi connectivity index (χ1) is 7.39. The van der Waals surface area contributed by atoms with E-state index in [0.717, 1.165) is 18.2 Å². The Morgan fingerprint density at radius 3 is 2.50 bits per heavy atom. The molecule has 88 valence electrons. The van der Waals surface area contributed by atoms with Gasteiger partial charge in [0.05, 0.1) is 5.41 Å². The van der Waals surface area contributed by atoms with Crippen LogP contribution in [0.4, 0.5) is 8.78 Å². The second-order valence-electron chi connectivity index (χ2n) is 3.95. The van der Waals surface area contributed by atoms with Crippen LogP contribution in [0, 0.1) is 11.6 Å². The molecule has 3 nitrogen and oxygen atoms in total. The maximum absolute atomic E-state index is 13.5. The van der Waals surface area contributed by atoms with E-state index in [4.69, 9.17) is 0 Å². The fourth-order valence-corrected chi connectivity index (χ4v) is 1.37. The molecule has 0 heterocycles. The predicted octanol–water partition coefficient (Wildman–Crippen LogP) is 1.49. The number of rotatable bonds is 3. The molecule has 1 rings (SSSR count). The van der Waals surface area contributed by atoms with Crippen molar-refractivity contribution >= 4 is 5.91 Å². The van der Waals surface area contributed by atoms with Crippen LogP contribution in [0.1, 0.15) is 19.4 Å². The topological polar surface area (TPSA) is 41.1 Å². The predicted molar refractivity (Wildman–Crippen MR) is 56.6 cm³/mol. The Bertz CT molecular complexity index is 405. The first-order valence-electron chi connectivity index (χ1n) is 4.82. The van der Waals surface area contributed by atoms with E-state index < -0.39 is 23.0 Å². The number of halogens is 2. The van der Waals surface area contributed by atoms with Gasteiger partial charge in [0.15, 0.2) is 0 Å². The zero-order chi connectivity index (χ0) is 12.3. The summed E-state index contributed by atoms with van der Waals surface area (Å²) in [5.74, 6) is -1.60. The number of amides is 1. The summed E-state index contributed by atoms with van der Waals surface area (Å²) >= 11 is 0. The van der Waals surface area contributed by atoms with Crippen molar-refractivity contribution in [3.05, 3.63) is 35.4 Å². The standard InChI is InChI=1S/C11H14F2N2O/c1-11(2,10(16)15-14-3)8-6-7(12)4-5-9(8)13/h4-6,14H,1-3H3,(H,15,16). The molecule has 0 fully saturated rings. The molecule has 0 saturated heterocycles. The van der Waals surface area contributed by atoms with Crippen LogP contribution in [0.2, 0.25) is 0 Å². The highest BCUT2D eigenvalue weighted by Gasteiger charge is 2.32. The van der Waals surface area contributed by atoms with Gasteiger partial charge in [0, 0.05) is 12.6 Å². The lowest BCUT2D eigenvalue weighted by Gasteiger charge is -2.24. The van der Waals surface area contributed by atoms with E-state index in [-0.39, 0.29) is 5.56 Å². The first kappa shape index (κ1) is 12.6. The van der Waals surface area contributed by atoms with Crippen molar-refractivity contribution in [1.82, 2.24) is 10.9 Å². The summed E-state index contributed by atoms with van der Waals surface area (Å²) in [6.07, 6.45) is 0. The zero-order valence-electron chi connectivity index (χ0n) is 9.40. The van der Waals surface area contributed by atoms with Crippen molar-refractivity contribution in [2.45, 2.75) is 19.3 Å². The van der Waals surface area contributed by atoms with Gasteiger partial charge >= 0.3 is 0 Å². The van der Waals surface area contributed by atoms with Crippen molar-refractivity contribution in [2.24, 2.45) is 0 Å². The van der Waals surface area contributed by atoms with E-state index in [1.807, 2.05) is 0 Å². The zero-order valence-corrected chi connectivity index (χ0v) is 9.40. The minimum atomic E-state index is -1.14.